The standard InChI is InChI=1S/C13H17N3O2/c1-17-12-4-2-3-5-13(12)18-9-8-16-11(10-14)6-7-15-16/h2-7H,8-10,14H2,1H3. The van der Waals surface area contributed by atoms with Crippen LogP contribution in [0.2, 0.25) is 0 Å². The molecule has 5 heteroatoms. The molecule has 0 unspecified atom stereocenters. The first kappa shape index (κ1) is 12.4. The summed E-state index contributed by atoms with van der Waals surface area (Å²) in [5, 5.41) is 4.19. The van der Waals surface area contributed by atoms with Crippen LogP contribution in [0.1, 0.15) is 5.69 Å². The van der Waals surface area contributed by atoms with Crippen LogP contribution in [0.5, 0.6) is 11.5 Å². The monoisotopic (exact) mass is 247 g/mol. The summed E-state index contributed by atoms with van der Waals surface area (Å²) in [6.45, 7) is 1.67. The Morgan fingerprint density at radius 3 is 2.72 bits per heavy atom. The van der Waals surface area contributed by atoms with Gasteiger partial charge in [-0.1, -0.05) is 12.1 Å². The third-order valence-electron chi connectivity index (χ3n) is 2.64. The predicted molar refractivity (Wildman–Crippen MR) is 68.6 cm³/mol. The van der Waals surface area contributed by atoms with Gasteiger partial charge in [-0.05, 0) is 18.2 Å². The van der Waals surface area contributed by atoms with Crippen molar-refractivity contribution in [2.24, 2.45) is 5.73 Å². The van der Waals surface area contributed by atoms with Gasteiger partial charge in [-0.15, -0.1) is 0 Å². The molecule has 2 aromatic rings. The smallest absolute Gasteiger partial charge is 0.161 e. The summed E-state index contributed by atoms with van der Waals surface area (Å²) in [6, 6.07) is 9.48. The number of para-hydroxylation sites is 2. The largest absolute Gasteiger partial charge is 0.493 e. The minimum absolute atomic E-state index is 0.481. The van der Waals surface area contributed by atoms with Crippen molar-refractivity contribution >= 4 is 0 Å². The Kier molecular flexibility index (Phi) is 4.20. The van der Waals surface area contributed by atoms with E-state index in [9.17, 15) is 0 Å². The molecular weight excluding hydrogens is 230 g/mol. The number of aromatic nitrogens is 2. The van der Waals surface area contributed by atoms with E-state index in [2.05, 4.69) is 5.10 Å². The molecule has 0 aliphatic heterocycles. The molecule has 2 rings (SSSR count). The number of rotatable bonds is 6. The predicted octanol–water partition coefficient (Wildman–Crippen LogP) is 1.43. The summed E-state index contributed by atoms with van der Waals surface area (Å²) in [7, 11) is 1.63. The highest BCUT2D eigenvalue weighted by molar-refractivity contribution is 5.39. The first-order valence-electron chi connectivity index (χ1n) is 5.81. The molecule has 0 aliphatic carbocycles. The summed E-state index contributed by atoms with van der Waals surface area (Å²) < 4.78 is 12.7. The molecule has 0 radical (unpaired) electrons. The topological polar surface area (TPSA) is 62.3 Å². The fraction of sp³-hybridized carbons (Fsp3) is 0.308. The van der Waals surface area contributed by atoms with E-state index in [1.165, 1.54) is 0 Å². The van der Waals surface area contributed by atoms with Gasteiger partial charge >= 0.3 is 0 Å². The zero-order valence-corrected chi connectivity index (χ0v) is 10.4. The third kappa shape index (κ3) is 2.81. The van der Waals surface area contributed by atoms with Crippen molar-refractivity contribution in [1.29, 1.82) is 0 Å². The first-order chi connectivity index (χ1) is 8.85. The van der Waals surface area contributed by atoms with Gasteiger partial charge in [-0.25, -0.2) is 0 Å². The maximum Gasteiger partial charge on any atom is 0.161 e. The summed E-state index contributed by atoms with van der Waals surface area (Å²) in [5.74, 6) is 1.47. The van der Waals surface area contributed by atoms with Crippen LogP contribution in [0.25, 0.3) is 0 Å². The first-order valence-corrected chi connectivity index (χ1v) is 5.81. The zero-order chi connectivity index (χ0) is 12.8. The molecule has 0 spiro atoms. The van der Waals surface area contributed by atoms with Crippen LogP contribution in [0.15, 0.2) is 36.5 Å². The fourth-order valence-corrected chi connectivity index (χ4v) is 1.71. The molecule has 2 N–H and O–H groups in total. The van der Waals surface area contributed by atoms with Crippen LogP contribution in [0, 0.1) is 0 Å². The Morgan fingerprint density at radius 2 is 2.00 bits per heavy atom. The number of benzene rings is 1. The summed E-state index contributed by atoms with van der Waals surface area (Å²) in [5.41, 5.74) is 6.60. The second-order valence-electron chi connectivity index (χ2n) is 3.75. The van der Waals surface area contributed by atoms with E-state index in [1.54, 1.807) is 13.3 Å². The third-order valence-corrected chi connectivity index (χ3v) is 2.64. The van der Waals surface area contributed by atoms with Gasteiger partial charge in [0.15, 0.2) is 11.5 Å². The van der Waals surface area contributed by atoms with E-state index < -0.39 is 0 Å². The van der Waals surface area contributed by atoms with E-state index in [4.69, 9.17) is 15.2 Å². The quantitative estimate of drug-likeness (QED) is 0.838. The zero-order valence-electron chi connectivity index (χ0n) is 10.4. The molecule has 0 fully saturated rings. The van der Waals surface area contributed by atoms with Gasteiger partial charge in [0, 0.05) is 12.7 Å². The Morgan fingerprint density at radius 1 is 1.22 bits per heavy atom. The van der Waals surface area contributed by atoms with Crippen LogP contribution < -0.4 is 15.2 Å². The Labute approximate surface area is 106 Å². The molecule has 0 saturated heterocycles. The maximum atomic E-state index is 5.67. The van der Waals surface area contributed by atoms with Gasteiger partial charge in [0.2, 0.25) is 0 Å². The SMILES string of the molecule is COc1ccccc1OCCn1nccc1CN. The molecule has 0 amide bonds. The number of hydrogen-bond donors (Lipinski definition) is 1. The van der Waals surface area contributed by atoms with Crippen molar-refractivity contribution in [2.75, 3.05) is 13.7 Å². The average molecular weight is 247 g/mol. The van der Waals surface area contributed by atoms with Crippen LogP contribution in [0.3, 0.4) is 0 Å². The van der Waals surface area contributed by atoms with E-state index in [0.717, 1.165) is 17.2 Å². The van der Waals surface area contributed by atoms with Gasteiger partial charge in [0.1, 0.15) is 6.61 Å². The lowest BCUT2D eigenvalue weighted by Crippen LogP contribution is -2.14. The Hall–Kier alpha value is -2.01. The molecule has 0 bridgehead atoms. The molecule has 5 nitrogen and oxygen atoms in total. The van der Waals surface area contributed by atoms with E-state index in [1.807, 2.05) is 35.0 Å². The average Bonchev–Trinajstić information content (AvgIpc) is 2.87. The Balaban J connectivity index is 1.92. The highest BCUT2D eigenvalue weighted by atomic mass is 16.5. The minimum atomic E-state index is 0.481. The second-order valence-corrected chi connectivity index (χ2v) is 3.75. The number of nitrogens with two attached hydrogens (primary N) is 1. The van der Waals surface area contributed by atoms with Crippen LogP contribution >= 0.6 is 0 Å². The van der Waals surface area contributed by atoms with Crippen molar-refractivity contribution < 1.29 is 9.47 Å². The maximum absolute atomic E-state index is 5.67. The van der Waals surface area contributed by atoms with Gasteiger partial charge in [0.05, 0.1) is 19.3 Å². The molecule has 0 aliphatic rings. The van der Waals surface area contributed by atoms with Crippen molar-refractivity contribution in [2.45, 2.75) is 13.1 Å². The summed E-state index contributed by atoms with van der Waals surface area (Å²) in [4.78, 5) is 0. The number of hydrogen-bond acceptors (Lipinski definition) is 4. The highest BCUT2D eigenvalue weighted by Crippen LogP contribution is 2.25. The van der Waals surface area contributed by atoms with Crippen molar-refractivity contribution in [3.8, 4) is 11.5 Å². The second kappa shape index (κ2) is 6.07. The van der Waals surface area contributed by atoms with Crippen molar-refractivity contribution in [1.82, 2.24) is 9.78 Å². The van der Waals surface area contributed by atoms with Gasteiger partial charge < -0.3 is 15.2 Å². The Bertz CT molecular complexity index is 496. The van der Waals surface area contributed by atoms with E-state index in [0.29, 0.717) is 19.7 Å². The van der Waals surface area contributed by atoms with Crippen LogP contribution in [-0.2, 0) is 13.1 Å². The van der Waals surface area contributed by atoms with Gasteiger partial charge in [-0.3, -0.25) is 4.68 Å². The number of methoxy groups -OCH3 is 1. The lowest BCUT2D eigenvalue weighted by Gasteiger charge is -2.11. The number of ether oxygens (including phenoxy) is 2. The molecule has 0 saturated carbocycles. The highest BCUT2D eigenvalue weighted by Gasteiger charge is 2.04. The summed E-state index contributed by atoms with van der Waals surface area (Å²) >= 11 is 0. The number of nitrogens with zero attached hydrogens (tertiary/aromatic N) is 2. The molecule has 18 heavy (non-hydrogen) atoms. The van der Waals surface area contributed by atoms with E-state index >= 15 is 0 Å². The summed E-state index contributed by atoms with van der Waals surface area (Å²) in [6.07, 6.45) is 1.74. The van der Waals surface area contributed by atoms with Crippen molar-refractivity contribution in [3.63, 3.8) is 0 Å². The molecule has 96 valence electrons. The minimum Gasteiger partial charge on any atom is -0.493 e. The van der Waals surface area contributed by atoms with Crippen molar-refractivity contribution in [3.05, 3.63) is 42.2 Å². The van der Waals surface area contributed by atoms with Gasteiger partial charge in [0.25, 0.3) is 0 Å². The molecule has 0 atom stereocenters. The lowest BCUT2D eigenvalue weighted by atomic mass is 10.3. The molecule has 1 heterocycles. The molecular formula is C13H17N3O2. The van der Waals surface area contributed by atoms with Crippen LogP contribution in [0.4, 0.5) is 0 Å². The van der Waals surface area contributed by atoms with Gasteiger partial charge in [-0.2, -0.15) is 5.10 Å². The lowest BCUT2D eigenvalue weighted by molar-refractivity contribution is 0.272. The fourth-order valence-electron chi connectivity index (χ4n) is 1.71. The van der Waals surface area contributed by atoms with Crippen LogP contribution in [-0.4, -0.2) is 23.5 Å². The normalized spacial score (nSPS) is 10.3. The molecule has 1 aromatic heterocycles. The van der Waals surface area contributed by atoms with E-state index in [-0.39, 0.29) is 0 Å². The molecule has 1 aromatic carbocycles.